The monoisotopic (exact) mass is 315 g/mol. The van der Waals surface area contributed by atoms with Crippen molar-refractivity contribution in [3.8, 4) is 0 Å². The number of rotatable bonds is 1. The summed E-state index contributed by atoms with van der Waals surface area (Å²) in [6.07, 6.45) is 0.0132. The molecule has 1 unspecified atom stereocenters. The van der Waals surface area contributed by atoms with E-state index >= 15 is 0 Å². The van der Waals surface area contributed by atoms with Crippen LogP contribution in [0.15, 0.2) is 54.6 Å². The zero-order valence-corrected chi connectivity index (χ0v) is 12.7. The molecule has 24 heavy (non-hydrogen) atoms. The second kappa shape index (κ2) is 4.52. The molecule has 4 aromatic rings. The van der Waals surface area contributed by atoms with E-state index in [0.29, 0.717) is 0 Å². The molecule has 0 spiro atoms. The van der Waals surface area contributed by atoms with Gasteiger partial charge in [-0.2, -0.15) is 5.06 Å². The van der Waals surface area contributed by atoms with Crippen LogP contribution in [0, 0.1) is 0 Å². The Morgan fingerprint density at radius 1 is 0.833 bits per heavy atom. The minimum atomic E-state index is -0.618. The van der Waals surface area contributed by atoms with Crippen molar-refractivity contribution in [1.29, 1.82) is 0 Å². The molecule has 1 saturated heterocycles. The van der Waals surface area contributed by atoms with Crippen LogP contribution in [0.1, 0.15) is 17.9 Å². The zero-order chi connectivity index (χ0) is 16.4. The normalized spacial score (nSPS) is 18.5. The summed E-state index contributed by atoms with van der Waals surface area (Å²) in [5.74, 6) is -1.71. The lowest BCUT2D eigenvalue weighted by Gasteiger charge is -2.16. The van der Waals surface area contributed by atoms with Gasteiger partial charge in [0.25, 0.3) is 11.8 Å². The van der Waals surface area contributed by atoms with E-state index in [-0.39, 0.29) is 11.5 Å². The molecule has 1 atom stereocenters. The van der Waals surface area contributed by atoms with Gasteiger partial charge in [-0.1, -0.05) is 54.6 Å². The summed E-state index contributed by atoms with van der Waals surface area (Å²) in [7, 11) is 0. The largest absolute Gasteiger partial charge is 0.278 e. The number of hydrogen-bond acceptors (Lipinski definition) is 3. The minimum Gasteiger partial charge on any atom is -0.278 e. The first-order chi connectivity index (χ1) is 11.6. The Balaban J connectivity index is 1.88. The number of nitrogens with zero attached hydrogens (tertiary/aromatic N) is 1. The number of imide groups is 1. The molecule has 0 aromatic heterocycles. The van der Waals surface area contributed by atoms with Gasteiger partial charge >= 0.3 is 0 Å². The van der Waals surface area contributed by atoms with Crippen molar-refractivity contribution in [2.45, 2.75) is 12.3 Å². The summed E-state index contributed by atoms with van der Waals surface area (Å²) < 4.78 is 0. The van der Waals surface area contributed by atoms with Crippen LogP contribution in [-0.4, -0.2) is 22.1 Å². The Morgan fingerprint density at radius 3 is 2.12 bits per heavy atom. The van der Waals surface area contributed by atoms with Crippen LogP contribution in [0.3, 0.4) is 0 Å². The third-order valence-electron chi connectivity index (χ3n) is 5.06. The topological polar surface area (TPSA) is 57.6 Å². The lowest BCUT2D eigenvalue weighted by atomic mass is 9.87. The Morgan fingerprint density at radius 2 is 1.46 bits per heavy atom. The Hall–Kier alpha value is -2.98. The molecule has 2 amide bonds. The van der Waals surface area contributed by atoms with Gasteiger partial charge in [-0.05, 0) is 37.9 Å². The number of amides is 2. The van der Waals surface area contributed by atoms with Gasteiger partial charge in [0.15, 0.2) is 0 Å². The maximum Gasteiger partial charge on any atom is 0.261 e. The van der Waals surface area contributed by atoms with E-state index in [1.54, 1.807) is 0 Å². The van der Waals surface area contributed by atoms with Gasteiger partial charge in [0.1, 0.15) is 0 Å². The van der Waals surface area contributed by atoms with E-state index in [0.717, 1.165) is 32.5 Å². The summed E-state index contributed by atoms with van der Waals surface area (Å²) >= 11 is 0. The maximum absolute atomic E-state index is 12.2. The number of carbonyl (C=O) groups excluding carboxylic acids is 2. The first-order valence-corrected chi connectivity index (χ1v) is 7.87. The van der Waals surface area contributed by atoms with E-state index in [2.05, 4.69) is 24.3 Å². The third kappa shape index (κ3) is 1.61. The fraction of sp³-hybridized carbons (Fsp3) is 0.100. The van der Waals surface area contributed by atoms with Crippen molar-refractivity contribution in [1.82, 2.24) is 5.06 Å². The van der Waals surface area contributed by atoms with E-state index in [1.165, 1.54) is 5.39 Å². The third-order valence-corrected chi connectivity index (χ3v) is 5.06. The highest BCUT2D eigenvalue weighted by Gasteiger charge is 2.39. The highest BCUT2D eigenvalue weighted by Crippen LogP contribution is 2.40. The predicted octanol–water partition coefficient (Wildman–Crippen LogP) is 3.82. The lowest BCUT2D eigenvalue weighted by Crippen LogP contribution is -2.26. The first kappa shape index (κ1) is 13.5. The second-order valence-electron chi connectivity index (χ2n) is 6.31. The molecule has 0 radical (unpaired) electrons. The van der Waals surface area contributed by atoms with Gasteiger partial charge in [0.05, 0.1) is 5.92 Å². The minimum absolute atomic E-state index is 0.0132. The van der Waals surface area contributed by atoms with Crippen LogP contribution in [0.2, 0.25) is 0 Å². The predicted molar refractivity (Wildman–Crippen MR) is 91.1 cm³/mol. The molecule has 4 heteroatoms. The number of hydrogen-bond donors (Lipinski definition) is 1. The van der Waals surface area contributed by atoms with E-state index in [1.807, 2.05) is 30.3 Å². The summed E-state index contributed by atoms with van der Waals surface area (Å²) in [6.45, 7) is 0. The fourth-order valence-corrected chi connectivity index (χ4v) is 3.92. The Labute approximate surface area is 137 Å². The van der Waals surface area contributed by atoms with Gasteiger partial charge in [0, 0.05) is 6.42 Å². The number of carbonyl (C=O) groups is 2. The number of benzene rings is 4. The van der Waals surface area contributed by atoms with Crippen molar-refractivity contribution in [2.24, 2.45) is 0 Å². The average Bonchev–Trinajstić information content (AvgIpc) is 2.87. The Kier molecular flexibility index (Phi) is 2.54. The molecule has 1 heterocycles. The molecule has 1 aliphatic rings. The van der Waals surface area contributed by atoms with Crippen molar-refractivity contribution in [3.05, 3.63) is 60.2 Å². The molecular weight excluding hydrogens is 302 g/mol. The lowest BCUT2D eigenvalue weighted by molar-refractivity contribution is -0.171. The van der Waals surface area contributed by atoms with Gasteiger partial charge in [0.2, 0.25) is 0 Å². The standard InChI is InChI=1S/C20H13NO3/c22-17-10-16(20(23)21(17)24)14-8-6-13-5-4-11-2-1-3-12-7-9-15(14)19(13)18(11)12/h1-9,16,24H,10H2. The van der Waals surface area contributed by atoms with Gasteiger partial charge in [-0.15, -0.1) is 0 Å². The van der Waals surface area contributed by atoms with Crippen LogP contribution in [0.4, 0.5) is 0 Å². The van der Waals surface area contributed by atoms with Gasteiger partial charge < -0.3 is 0 Å². The number of hydroxylamine groups is 2. The second-order valence-corrected chi connectivity index (χ2v) is 6.31. The highest BCUT2D eigenvalue weighted by atomic mass is 16.5. The molecule has 1 N–H and O–H groups in total. The zero-order valence-electron chi connectivity index (χ0n) is 12.7. The average molecular weight is 315 g/mol. The summed E-state index contributed by atoms with van der Waals surface area (Å²) in [5, 5.41) is 16.5. The van der Waals surface area contributed by atoms with E-state index in [9.17, 15) is 14.8 Å². The van der Waals surface area contributed by atoms with E-state index in [4.69, 9.17) is 0 Å². The molecule has 0 aliphatic carbocycles. The SMILES string of the molecule is O=C1CC(c2ccc3ccc4cccc5ccc2c3c45)C(=O)N1O. The van der Waals surface area contributed by atoms with E-state index < -0.39 is 17.7 Å². The highest BCUT2D eigenvalue weighted by molar-refractivity contribution is 6.24. The molecule has 4 nitrogen and oxygen atoms in total. The van der Waals surface area contributed by atoms with Crippen LogP contribution in [0.25, 0.3) is 32.3 Å². The molecule has 5 rings (SSSR count). The molecule has 1 fully saturated rings. The molecule has 4 aromatic carbocycles. The van der Waals surface area contributed by atoms with Crippen molar-refractivity contribution in [3.63, 3.8) is 0 Å². The van der Waals surface area contributed by atoms with Crippen molar-refractivity contribution < 1.29 is 14.8 Å². The molecular formula is C20H13NO3. The molecule has 0 bridgehead atoms. The molecule has 0 saturated carbocycles. The summed E-state index contributed by atoms with van der Waals surface area (Å²) in [5.41, 5.74) is 0.802. The quantitative estimate of drug-likeness (QED) is 0.330. The fourth-order valence-electron chi connectivity index (χ4n) is 3.92. The summed E-state index contributed by atoms with van der Waals surface area (Å²) in [6, 6.07) is 18.3. The van der Waals surface area contributed by atoms with Gasteiger partial charge in [-0.3, -0.25) is 14.8 Å². The smallest absolute Gasteiger partial charge is 0.261 e. The molecule has 1 aliphatic heterocycles. The van der Waals surface area contributed by atoms with Crippen LogP contribution < -0.4 is 0 Å². The summed E-state index contributed by atoms with van der Waals surface area (Å²) in [4.78, 5) is 23.9. The Bertz CT molecular complexity index is 1130. The van der Waals surface area contributed by atoms with Crippen LogP contribution in [-0.2, 0) is 9.59 Å². The first-order valence-electron chi connectivity index (χ1n) is 7.87. The van der Waals surface area contributed by atoms with Crippen LogP contribution >= 0.6 is 0 Å². The van der Waals surface area contributed by atoms with Crippen molar-refractivity contribution >= 4 is 44.1 Å². The molecule has 116 valence electrons. The van der Waals surface area contributed by atoms with Crippen molar-refractivity contribution in [2.75, 3.05) is 0 Å². The van der Waals surface area contributed by atoms with Gasteiger partial charge in [-0.25, -0.2) is 0 Å². The maximum atomic E-state index is 12.2. The van der Waals surface area contributed by atoms with Crippen LogP contribution in [0.5, 0.6) is 0 Å².